The standard InChI is InChI=1S/C38H46O10/c1-36(2,3)29-16-25(12-14-31(29)40)38(7,26-13-15-32(41)30(17-26)37(4,5)6)18-33(42)46-19-27(39)20-47-34(43)23-8-10-24(11-9-23)35(44)48-22-28-21-45-28/h8-17,27-28,39-41H,18-22H2,1-7H3. The van der Waals surface area contributed by atoms with Gasteiger partial charge in [0.25, 0.3) is 0 Å². The lowest BCUT2D eigenvalue weighted by Crippen LogP contribution is -2.31. The molecule has 0 bridgehead atoms. The zero-order valence-corrected chi connectivity index (χ0v) is 28.7. The molecule has 0 spiro atoms. The topological polar surface area (TPSA) is 152 Å². The van der Waals surface area contributed by atoms with Crippen molar-refractivity contribution in [1.29, 1.82) is 0 Å². The van der Waals surface area contributed by atoms with Crippen LogP contribution in [0.25, 0.3) is 0 Å². The van der Waals surface area contributed by atoms with Crippen LogP contribution in [0.15, 0.2) is 60.7 Å². The number of phenolic OH excluding ortho intramolecular Hbond substituents is 2. The molecule has 10 heteroatoms. The van der Waals surface area contributed by atoms with Gasteiger partial charge in [-0.25, -0.2) is 9.59 Å². The fraction of sp³-hybridized carbons (Fsp3) is 0.447. The molecule has 1 heterocycles. The third kappa shape index (κ3) is 9.14. The van der Waals surface area contributed by atoms with E-state index in [0.717, 1.165) is 11.1 Å². The number of aliphatic hydroxyl groups is 1. The van der Waals surface area contributed by atoms with Crippen LogP contribution >= 0.6 is 0 Å². The van der Waals surface area contributed by atoms with Crippen LogP contribution in [0, 0.1) is 0 Å². The zero-order valence-electron chi connectivity index (χ0n) is 28.7. The van der Waals surface area contributed by atoms with E-state index in [-0.39, 0.29) is 52.6 Å². The molecule has 48 heavy (non-hydrogen) atoms. The molecule has 0 aromatic heterocycles. The molecule has 3 aromatic rings. The molecule has 2 atom stereocenters. The molecular weight excluding hydrogens is 616 g/mol. The summed E-state index contributed by atoms with van der Waals surface area (Å²) >= 11 is 0. The second-order valence-corrected chi connectivity index (χ2v) is 14.5. The van der Waals surface area contributed by atoms with E-state index in [1.165, 1.54) is 24.3 Å². The fourth-order valence-electron chi connectivity index (χ4n) is 5.32. The van der Waals surface area contributed by atoms with Gasteiger partial charge in [0.2, 0.25) is 0 Å². The molecule has 1 aliphatic rings. The number of hydrogen-bond acceptors (Lipinski definition) is 10. The van der Waals surface area contributed by atoms with Gasteiger partial charge in [0.1, 0.15) is 43.5 Å². The lowest BCUT2D eigenvalue weighted by Gasteiger charge is -2.33. The van der Waals surface area contributed by atoms with Gasteiger partial charge in [-0.3, -0.25) is 4.79 Å². The minimum Gasteiger partial charge on any atom is -0.508 e. The molecule has 1 aliphatic heterocycles. The van der Waals surface area contributed by atoms with E-state index in [0.29, 0.717) is 17.7 Å². The molecule has 3 N–H and O–H groups in total. The molecular formula is C38H46O10. The van der Waals surface area contributed by atoms with Gasteiger partial charge in [0.15, 0.2) is 0 Å². The molecule has 1 fully saturated rings. The summed E-state index contributed by atoms with van der Waals surface area (Å²) in [5, 5.41) is 31.8. The number of epoxide rings is 1. The van der Waals surface area contributed by atoms with Crippen molar-refractivity contribution >= 4 is 17.9 Å². The average Bonchev–Trinajstić information content (AvgIpc) is 3.85. The van der Waals surface area contributed by atoms with E-state index in [2.05, 4.69) is 0 Å². The van der Waals surface area contributed by atoms with E-state index in [1.54, 1.807) is 24.3 Å². The summed E-state index contributed by atoms with van der Waals surface area (Å²) in [6.45, 7) is 13.7. The van der Waals surface area contributed by atoms with E-state index in [4.69, 9.17) is 18.9 Å². The van der Waals surface area contributed by atoms with Crippen molar-refractivity contribution in [1.82, 2.24) is 0 Å². The van der Waals surface area contributed by atoms with Crippen LogP contribution in [0.3, 0.4) is 0 Å². The zero-order chi connectivity index (χ0) is 35.4. The molecule has 3 aromatic carbocycles. The molecule has 258 valence electrons. The molecule has 4 rings (SSSR count). The summed E-state index contributed by atoms with van der Waals surface area (Å²) in [5.74, 6) is -1.56. The Morgan fingerprint density at radius 2 is 1.17 bits per heavy atom. The minimum absolute atomic E-state index is 0.0553. The van der Waals surface area contributed by atoms with E-state index < -0.39 is 42.6 Å². The van der Waals surface area contributed by atoms with Crippen molar-refractivity contribution < 1.29 is 48.7 Å². The summed E-state index contributed by atoms with van der Waals surface area (Å²) in [6.07, 6.45) is -1.46. The highest BCUT2D eigenvalue weighted by Crippen LogP contribution is 2.43. The molecule has 1 saturated heterocycles. The second kappa shape index (κ2) is 14.4. The number of carbonyl (C=O) groups excluding carboxylic acids is 3. The summed E-state index contributed by atoms with van der Waals surface area (Å²) in [5.41, 5.74) is 1.69. The van der Waals surface area contributed by atoms with Crippen molar-refractivity contribution in [3.63, 3.8) is 0 Å². The van der Waals surface area contributed by atoms with Gasteiger partial charge < -0.3 is 34.3 Å². The largest absolute Gasteiger partial charge is 0.508 e. The van der Waals surface area contributed by atoms with Crippen LogP contribution < -0.4 is 0 Å². The molecule has 0 saturated carbocycles. The second-order valence-electron chi connectivity index (χ2n) is 14.5. The number of benzene rings is 3. The fourth-order valence-corrected chi connectivity index (χ4v) is 5.32. The Kier molecular flexibility index (Phi) is 10.9. The maximum absolute atomic E-state index is 13.4. The summed E-state index contributed by atoms with van der Waals surface area (Å²) in [7, 11) is 0. The number of esters is 3. The predicted molar refractivity (Wildman–Crippen MR) is 178 cm³/mol. The third-order valence-corrected chi connectivity index (χ3v) is 8.38. The monoisotopic (exact) mass is 662 g/mol. The first-order valence-corrected chi connectivity index (χ1v) is 16.0. The van der Waals surface area contributed by atoms with Gasteiger partial charge in [-0.2, -0.15) is 0 Å². The number of ether oxygens (including phenoxy) is 4. The summed E-state index contributed by atoms with van der Waals surface area (Å²) in [6, 6.07) is 16.3. The quantitative estimate of drug-likeness (QED) is 0.125. The Balaban J connectivity index is 1.43. The maximum Gasteiger partial charge on any atom is 0.338 e. The number of carbonyl (C=O) groups is 3. The Hall–Kier alpha value is -4.41. The number of aliphatic hydroxyl groups excluding tert-OH is 1. The summed E-state index contributed by atoms with van der Waals surface area (Å²) in [4.78, 5) is 38.0. The highest BCUT2D eigenvalue weighted by molar-refractivity contribution is 5.93. The van der Waals surface area contributed by atoms with E-state index in [1.807, 2.05) is 60.6 Å². The predicted octanol–water partition coefficient (Wildman–Crippen LogP) is 5.71. The lowest BCUT2D eigenvalue weighted by atomic mass is 9.70. The van der Waals surface area contributed by atoms with Crippen molar-refractivity contribution in [2.24, 2.45) is 0 Å². The van der Waals surface area contributed by atoms with Crippen LogP contribution in [0.2, 0.25) is 0 Å². The van der Waals surface area contributed by atoms with Crippen LogP contribution in [0.1, 0.15) is 97.9 Å². The summed E-state index contributed by atoms with van der Waals surface area (Å²) < 4.78 is 20.8. The highest BCUT2D eigenvalue weighted by Gasteiger charge is 2.36. The van der Waals surface area contributed by atoms with Crippen LogP contribution in [0.4, 0.5) is 0 Å². The number of hydrogen-bond donors (Lipinski definition) is 3. The van der Waals surface area contributed by atoms with Crippen molar-refractivity contribution in [2.75, 3.05) is 26.4 Å². The average molecular weight is 663 g/mol. The van der Waals surface area contributed by atoms with Gasteiger partial charge in [-0.1, -0.05) is 72.7 Å². The minimum atomic E-state index is -1.29. The molecule has 10 nitrogen and oxygen atoms in total. The normalized spacial score (nSPS) is 15.4. The Morgan fingerprint density at radius 1 is 0.729 bits per heavy atom. The molecule has 0 radical (unpaired) electrons. The van der Waals surface area contributed by atoms with Crippen LogP contribution in [0.5, 0.6) is 11.5 Å². The van der Waals surface area contributed by atoms with Gasteiger partial charge in [-0.15, -0.1) is 0 Å². The van der Waals surface area contributed by atoms with Gasteiger partial charge in [-0.05, 0) is 69.5 Å². The number of phenols is 2. The Bertz CT molecular complexity index is 1560. The van der Waals surface area contributed by atoms with Gasteiger partial charge >= 0.3 is 17.9 Å². The van der Waals surface area contributed by atoms with Crippen LogP contribution in [-0.4, -0.2) is 71.9 Å². The third-order valence-electron chi connectivity index (χ3n) is 8.38. The molecule has 2 unspecified atom stereocenters. The van der Waals surface area contributed by atoms with E-state index >= 15 is 0 Å². The highest BCUT2D eigenvalue weighted by atomic mass is 16.6. The van der Waals surface area contributed by atoms with Gasteiger partial charge in [0, 0.05) is 5.41 Å². The van der Waals surface area contributed by atoms with Gasteiger partial charge in [0.05, 0.1) is 24.2 Å². The maximum atomic E-state index is 13.4. The van der Waals surface area contributed by atoms with Crippen molar-refractivity contribution in [3.05, 3.63) is 94.0 Å². The van der Waals surface area contributed by atoms with Crippen LogP contribution in [-0.2, 0) is 40.0 Å². The number of aromatic hydroxyl groups is 2. The molecule has 0 aliphatic carbocycles. The Morgan fingerprint density at radius 3 is 1.60 bits per heavy atom. The first-order valence-electron chi connectivity index (χ1n) is 16.0. The first-order chi connectivity index (χ1) is 22.4. The van der Waals surface area contributed by atoms with E-state index in [9.17, 15) is 29.7 Å². The Labute approximate surface area is 281 Å². The lowest BCUT2D eigenvalue weighted by molar-refractivity contribution is -0.148. The SMILES string of the molecule is CC(C)(C)c1cc(C(C)(CC(=O)OCC(O)COC(=O)c2ccc(C(=O)OCC3CO3)cc2)c2ccc(O)c(C(C)(C)C)c2)ccc1O. The molecule has 0 amide bonds. The number of rotatable bonds is 12. The first kappa shape index (κ1) is 36.4. The smallest absolute Gasteiger partial charge is 0.338 e. The van der Waals surface area contributed by atoms with Crippen molar-refractivity contribution in [2.45, 2.75) is 83.3 Å². The van der Waals surface area contributed by atoms with Crippen molar-refractivity contribution in [3.8, 4) is 11.5 Å².